The van der Waals surface area contributed by atoms with E-state index in [-0.39, 0.29) is 0 Å². The normalized spacial score (nSPS) is 12.6. The van der Waals surface area contributed by atoms with Crippen LogP contribution >= 0.6 is 0 Å². The van der Waals surface area contributed by atoms with Crippen molar-refractivity contribution in [3.8, 4) is 0 Å². The maximum Gasteiger partial charge on any atom is 0.129 e. The second-order valence-corrected chi connectivity index (χ2v) is 5.93. The quantitative estimate of drug-likeness (QED) is 0.723. The van der Waals surface area contributed by atoms with Crippen molar-refractivity contribution in [2.75, 3.05) is 11.9 Å². The molecule has 1 N–H and O–H groups in total. The van der Waals surface area contributed by atoms with Gasteiger partial charge in [0.05, 0.1) is 5.52 Å². The number of nitrogens with one attached hydrogen (secondary N) is 1. The van der Waals surface area contributed by atoms with Crippen LogP contribution in [0.3, 0.4) is 0 Å². The van der Waals surface area contributed by atoms with E-state index in [9.17, 15) is 0 Å². The zero-order valence-electron chi connectivity index (χ0n) is 13.9. The highest BCUT2D eigenvalue weighted by Crippen LogP contribution is 2.26. The van der Waals surface area contributed by atoms with E-state index in [0.717, 1.165) is 37.1 Å². The van der Waals surface area contributed by atoms with Crippen LogP contribution in [0.15, 0.2) is 24.3 Å². The predicted octanol–water partition coefficient (Wildman–Crippen LogP) is 5.52. The van der Waals surface area contributed by atoms with Crippen LogP contribution < -0.4 is 5.32 Å². The summed E-state index contributed by atoms with van der Waals surface area (Å²) in [7, 11) is 0. The number of anilines is 1. The maximum atomic E-state index is 4.85. The summed E-state index contributed by atoms with van der Waals surface area (Å²) in [6.45, 7) is 9.93. The summed E-state index contributed by atoms with van der Waals surface area (Å²) in [5, 5.41) is 4.75. The lowest BCUT2D eigenvalue weighted by atomic mass is 9.96. The first-order valence-electron chi connectivity index (χ1n) is 8.37. The Labute approximate surface area is 129 Å². The Hall–Kier alpha value is -1.57. The van der Waals surface area contributed by atoms with E-state index in [1.807, 2.05) is 0 Å². The molecule has 1 heterocycles. The Balaban J connectivity index is 2.44. The van der Waals surface area contributed by atoms with Gasteiger partial charge in [-0.2, -0.15) is 0 Å². The van der Waals surface area contributed by atoms with E-state index >= 15 is 0 Å². The number of rotatable bonds is 7. The summed E-state index contributed by atoms with van der Waals surface area (Å²) < 4.78 is 0. The molecule has 2 heteroatoms. The van der Waals surface area contributed by atoms with E-state index in [0.29, 0.717) is 5.92 Å². The third-order valence-corrected chi connectivity index (χ3v) is 4.16. The van der Waals surface area contributed by atoms with Crippen molar-refractivity contribution >= 4 is 16.7 Å². The molecule has 114 valence electrons. The fourth-order valence-corrected chi connectivity index (χ4v) is 2.64. The lowest BCUT2D eigenvalue weighted by Gasteiger charge is -2.14. The highest BCUT2D eigenvalue weighted by molar-refractivity contribution is 5.82. The summed E-state index contributed by atoms with van der Waals surface area (Å²) in [6, 6.07) is 9.05. The minimum absolute atomic E-state index is 0.613. The summed E-state index contributed by atoms with van der Waals surface area (Å²) in [4.78, 5) is 4.85. The minimum Gasteiger partial charge on any atom is -0.370 e. The fourth-order valence-electron chi connectivity index (χ4n) is 2.64. The van der Waals surface area contributed by atoms with Gasteiger partial charge in [0.25, 0.3) is 0 Å². The Morgan fingerprint density at radius 1 is 1.10 bits per heavy atom. The monoisotopic (exact) mass is 284 g/mol. The number of aromatic nitrogens is 1. The van der Waals surface area contributed by atoms with Gasteiger partial charge in [-0.3, -0.25) is 0 Å². The highest BCUT2D eigenvalue weighted by Gasteiger charge is 2.09. The van der Waals surface area contributed by atoms with Crippen LogP contribution in [0, 0.1) is 0 Å². The SMILES string of the molecule is CCCNc1nc2ccc(C(C)CC)cc2cc1CCC. The molecule has 2 rings (SSSR count). The Morgan fingerprint density at radius 3 is 2.57 bits per heavy atom. The topological polar surface area (TPSA) is 24.9 Å². The van der Waals surface area contributed by atoms with Gasteiger partial charge in [-0.1, -0.05) is 40.2 Å². The van der Waals surface area contributed by atoms with Crippen LogP contribution in [0.4, 0.5) is 5.82 Å². The number of pyridine rings is 1. The lowest BCUT2D eigenvalue weighted by molar-refractivity contribution is 0.734. The number of fused-ring (bicyclic) bond motifs is 1. The van der Waals surface area contributed by atoms with E-state index in [1.54, 1.807) is 0 Å². The first kappa shape index (κ1) is 15.8. The van der Waals surface area contributed by atoms with Crippen molar-refractivity contribution < 1.29 is 0 Å². The number of nitrogens with zero attached hydrogens (tertiary/aromatic N) is 1. The van der Waals surface area contributed by atoms with Crippen LogP contribution in [0.5, 0.6) is 0 Å². The third kappa shape index (κ3) is 3.75. The van der Waals surface area contributed by atoms with Crippen molar-refractivity contribution in [1.82, 2.24) is 4.98 Å². The smallest absolute Gasteiger partial charge is 0.129 e. The van der Waals surface area contributed by atoms with Crippen molar-refractivity contribution in [3.05, 3.63) is 35.4 Å². The molecule has 0 aliphatic heterocycles. The lowest BCUT2D eigenvalue weighted by Crippen LogP contribution is -2.06. The average Bonchev–Trinajstić information content (AvgIpc) is 2.51. The average molecular weight is 284 g/mol. The molecule has 0 bridgehead atoms. The maximum absolute atomic E-state index is 4.85. The van der Waals surface area contributed by atoms with Crippen LogP contribution in [0.2, 0.25) is 0 Å². The summed E-state index contributed by atoms with van der Waals surface area (Å²) in [5.74, 6) is 1.68. The molecule has 2 aromatic rings. The van der Waals surface area contributed by atoms with Crippen molar-refractivity contribution in [3.63, 3.8) is 0 Å². The van der Waals surface area contributed by atoms with Gasteiger partial charge in [-0.05, 0) is 54.5 Å². The summed E-state index contributed by atoms with van der Waals surface area (Å²) >= 11 is 0. The van der Waals surface area contributed by atoms with Gasteiger partial charge in [-0.15, -0.1) is 0 Å². The molecule has 1 aromatic carbocycles. The van der Waals surface area contributed by atoms with Crippen LogP contribution in [0.25, 0.3) is 10.9 Å². The predicted molar refractivity (Wildman–Crippen MR) is 93.2 cm³/mol. The van der Waals surface area contributed by atoms with Gasteiger partial charge in [0, 0.05) is 11.9 Å². The molecular weight excluding hydrogens is 256 g/mol. The van der Waals surface area contributed by atoms with Crippen molar-refractivity contribution in [2.45, 2.75) is 59.3 Å². The molecule has 1 aromatic heterocycles. The zero-order valence-corrected chi connectivity index (χ0v) is 13.9. The first-order chi connectivity index (χ1) is 10.2. The Bertz CT molecular complexity index is 589. The van der Waals surface area contributed by atoms with Crippen molar-refractivity contribution in [1.29, 1.82) is 0 Å². The molecule has 0 radical (unpaired) electrons. The molecule has 0 spiro atoms. The zero-order chi connectivity index (χ0) is 15.2. The van der Waals surface area contributed by atoms with Gasteiger partial charge in [0.1, 0.15) is 5.82 Å². The molecule has 2 nitrogen and oxygen atoms in total. The third-order valence-electron chi connectivity index (χ3n) is 4.16. The molecule has 0 aliphatic carbocycles. The molecule has 0 fully saturated rings. The molecule has 0 aliphatic rings. The second kappa shape index (κ2) is 7.44. The van der Waals surface area contributed by atoms with Gasteiger partial charge in [0.2, 0.25) is 0 Å². The van der Waals surface area contributed by atoms with E-state index < -0.39 is 0 Å². The molecule has 0 saturated heterocycles. The van der Waals surface area contributed by atoms with Crippen LogP contribution in [-0.2, 0) is 6.42 Å². The highest BCUT2D eigenvalue weighted by atomic mass is 15.0. The van der Waals surface area contributed by atoms with E-state index in [4.69, 9.17) is 4.98 Å². The largest absolute Gasteiger partial charge is 0.370 e. The second-order valence-electron chi connectivity index (χ2n) is 5.93. The van der Waals surface area contributed by atoms with E-state index in [1.165, 1.54) is 22.9 Å². The summed E-state index contributed by atoms with van der Waals surface area (Å²) in [5.41, 5.74) is 3.86. The van der Waals surface area contributed by atoms with Gasteiger partial charge < -0.3 is 5.32 Å². The standard InChI is InChI=1S/C19H28N2/c1-5-8-16-13-17-12-15(14(4)7-3)9-10-18(17)21-19(16)20-11-6-2/h9-10,12-14H,5-8,11H2,1-4H3,(H,20,21). The van der Waals surface area contributed by atoms with E-state index in [2.05, 4.69) is 57.3 Å². The van der Waals surface area contributed by atoms with Gasteiger partial charge >= 0.3 is 0 Å². The van der Waals surface area contributed by atoms with Crippen LogP contribution in [0.1, 0.15) is 64.0 Å². The van der Waals surface area contributed by atoms with Crippen LogP contribution in [-0.4, -0.2) is 11.5 Å². The number of hydrogen-bond donors (Lipinski definition) is 1. The Morgan fingerprint density at radius 2 is 1.90 bits per heavy atom. The Kier molecular flexibility index (Phi) is 5.60. The molecular formula is C19H28N2. The molecule has 1 unspecified atom stereocenters. The summed E-state index contributed by atoms with van der Waals surface area (Å²) in [6.07, 6.45) is 4.54. The first-order valence-corrected chi connectivity index (χ1v) is 8.37. The van der Waals surface area contributed by atoms with Crippen molar-refractivity contribution in [2.24, 2.45) is 0 Å². The minimum atomic E-state index is 0.613. The van der Waals surface area contributed by atoms with Gasteiger partial charge in [0.15, 0.2) is 0 Å². The van der Waals surface area contributed by atoms with Gasteiger partial charge in [-0.25, -0.2) is 4.98 Å². The molecule has 0 saturated carbocycles. The number of aryl methyl sites for hydroxylation is 1. The number of hydrogen-bond acceptors (Lipinski definition) is 2. The fraction of sp³-hybridized carbons (Fsp3) is 0.526. The molecule has 0 amide bonds. The number of benzene rings is 1. The molecule has 21 heavy (non-hydrogen) atoms. The molecule has 1 atom stereocenters.